The Morgan fingerprint density at radius 3 is 2.50 bits per heavy atom. The number of nitrogens with zero attached hydrogens (tertiary/aromatic N) is 2. The molecule has 2 aromatic carbocycles. The van der Waals surface area contributed by atoms with Crippen molar-refractivity contribution in [3.05, 3.63) is 58.6 Å². The van der Waals surface area contributed by atoms with Crippen LogP contribution in [0.15, 0.2) is 42.5 Å². The Balaban J connectivity index is 2.04. The fraction of sp³-hybridized carbons (Fsp3) is 0.0588. The zero-order chi connectivity index (χ0) is 17.3. The molecule has 0 saturated heterocycles. The van der Waals surface area contributed by atoms with Crippen molar-refractivity contribution in [3.63, 3.8) is 0 Å². The van der Waals surface area contributed by atoms with Crippen molar-refractivity contribution in [2.45, 2.75) is 6.18 Å². The number of fused-ring (bicyclic) bond motifs is 1. The molecule has 1 N–H and O–H groups in total. The van der Waals surface area contributed by atoms with Gasteiger partial charge in [-0.15, -0.1) is 11.3 Å². The van der Waals surface area contributed by atoms with Gasteiger partial charge in [0.1, 0.15) is 16.8 Å². The molecule has 0 radical (unpaired) electrons. The molecule has 0 amide bonds. The smallest absolute Gasteiger partial charge is 0.416 e. The van der Waals surface area contributed by atoms with Gasteiger partial charge in [0.15, 0.2) is 0 Å². The average molecular weight is 346 g/mol. The molecule has 0 saturated carbocycles. The van der Waals surface area contributed by atoms with Crippen LogP contribution in [0.1, 0.15) is 16.1 Å². The van der Waals surface area contributed by atoms with Gasteiger partial charge in [-0.25, -0.2) is 4.98 Å². The van der Waals surface area contributed by atoms with E-state index in [1.165, 1.54) is 18.2 Å². The molecular formula is C17H9F3N2OS. The number of halogens is 3. The van der Waals surface area contributed by atoms with E-state index in [0.29, 0.717) is 15.3 Å². The summed E-state index contributed by atoms with van der Waals surface area (Å²) >= 11 is 1.15. The molecule has 0 bridgehead atoms. The number of aromatic hydroxyl groups is 1. The molecule has 0 spiro atoms. The van der Waals surface area contributed by atoms with E-state index in [1.807, 2.05) is 6.07 Å². The predicted octanol–water partition coefficient (Wildman–Crippen LogP) is 5.08. The number of thiazole rings is 1. The third-order valence-corrected chi connectivity index (χ3v) is 4.34. The second kappa shape index (κ2) is 5.98. The molecule has 120 valence electrons. The van der Waals surface area contributed by atoms with Gasteiger partial charge in [0, 0.05) is 0 Å². The third kappa shape index (κ3) is 3.24. The molecule has 0 aliphatic rings. The largest absolute Gasteiger partial charge is 0.508 e. The second-order valence-electron chi connectivity index (χ2n) is 4.96. The van der Waals surface area contributed by atoms with Crippen LogP contribution in [-0.4, -0.2) is 10.1 Å². The minimum absolute atomic E-state index is 0.102. The third-order valence-electron chi connectivity index (χ3n) is 3.27. The molecule has 24 heavy (non-hydrogen) atoms. The maximum Gasteiger partial charge on any atom is 0.416 e. The lowest BCUT2D eigenvalue weighted by atomic mass is 10.1. The van der Waals surface area contributed by atoms with E-state index in [1.54, 1.807) is 18.2 Å². The number of allylic oxidation sites excluding steroid dienone is 1. The molecule has 3 nitrogen and oxygen atoms in total. The molecule has 1 heterocycles. The fourth-order valence-electron chi connectivity index (χ4n) is 2.10. The van der Waals surface area contributed by atoms with E-state index in [0.717, 1.165) is 23.5 Å². The topological polar surface area (TPSA) is 56.9 Å². The fourth-order valence-corrected chi connectivity index (χ4v) is 3.01. The van der Waals surface area contributed by atoms with Gasteiger partial charge in [0.05, 0.1) is 21.4 Å². The maximum atomic E-state index is 12.8. The molecule has 0 aliphatic carbocycles. The molecule has 0 atom stereocenters. The number of alkyl halides is 3. The summed E-state index contributed by atoms with van der Waals surface area (Å²) in [5.74, 6) is 0.102. The molecule has 3 rings (SSSR count). The first-order valence-electron chi connectivity index (χ1n) is 6.76. The Morgan fingerprint density at radius 1 is 1.17 bits per heavy atom. The number of rotatable bonds is 2. The van der Waals surface area contributed by atoms with Crippen molar-refractivity contribution in [1.82, 2.24) is 4.98 Å². The monoisotopic (exact) mass is 346 g/mol. The van der Waals surface area contributed by atoms with Crippen molar-refractivity contribution in [2.24, 2.45) is 0 Å². The lowest BCUT2D eigenvalue weighted by Gasteiger charge is -2.04. The lowest BCUT2D eigenvalue weighted by Crippen LogP contribution is -2.03. The predicted molar refractivity (Wildman–Crippen MR) is 86.2 cm³/mol. The standard InChI is InChI=1S/C17H9F3N2OS/c18-17(19,20)12-3-6-15-14(8-12)22-16(24-15)11(9-21)7-10-1-4-13(23)5-2-10/h1-8,23H/b11-7+. The number of benzene rings is 2. The zero-order valence-electron chi connectivity index (χ0n) is 12.0. The van der Waals surface area contributed by atoms with E-state index in [2.05, 4.69) is 4.98 Å². The Hall–Kier alpha value is -2.85. The summed E-state index contributed by atoms with van der Waals surface area (Å²) in [5.41, 5.74) is 0.361. The Bertz CT molecular complexity index is 966. The second-order valence-corrected chi connectivity index (χ2v) is 5.99. The minimum Gasteiger partial charge on any atom is -0.508 e. The highest BCUT2D eigenvalue weighted by molar-refractivity contribution is 7.19. The van der Waals surface area contributed by atoms with E-state index >= 15 is 0 Å². The van der Waals surface area contributed by atoms with Crippen molar-refractivity contribution < 1.29 is 18.3 Å². The van der Waals surface area contributed by atoms with Crippen LogP contribution in [0.3, 0.4) is 0 Å². The van der Waals surface area contributed by atoms with Crippen molar-refractivity contribution in [2.75, 3.05) is 0 Å². The maximum absolute atomic E-state index is 12.8. The summed E-state index contributed by atoms with van der Waals surface area (Å²) in [4.78, 5) is 4.15. The van der Waals surface area contributed by atoms with Crippen LogP contribution in [-0.2, 0) is 6.18 Å². The van der Waals surface area contributed by atoms with Crippen LogP contribution in [0, 0.1) is 11.3 Å². The van der Waals surface area contributed by atoms with Crippen LogP contribution < -0.4 is 0 Å². The van der Waals surface area contributed by atoms with Crippen LogP contribution >= 0.6 is 11.3 Å². The van der Waals surface area contributed by atoms with Crippen LogP contribution in [0.25, 0.3) is 21.9 Å². The molecule has 1 aromatic heterocycles. The zero-order valence-corrected chi connectivity index (χ0v) is 12.8. The molecule has 0 fully saturated rings. The van der Waals surface area contributed by atoms with Gasteiger partial charge >= 0.3 is 6.18 Å². The molecule has 0 unspecified atom stereocenters. The first-order chi connectivity index (χ1) is 11.4. The summed E-state index contributed by atoms with van der Waals surface area (Å²) in [6, 6.07) is 11.6. The lowest BCUT2D eigenvalue weighted by molar-refractivity contribution is -0.137. The van der Waals surface area contributed by atoms with E-state index in [4.69, 9.17) is 0 Å². The van der Waals surface area contributed by atoms with Gasteiger partial charge in [0.2, 0.25) is 0 Å². The average Bonchev–Trinajstić information content (AvgIpc) is 2.96. The normalized spacial score (nSPS) is 12.3. The van der Waals surface area contributed by atoms with Gasteiger partial charge in [-0.1, -0.05) is 12.1 Å². The van der Waals surface area contributed by atoms with E-state index in [-0.39, 0.29) is 16.8 Å². The summed E-state index contributed by atoms with van der Waals surface area (Å²) in [6.45, 7) is 0. The Labute approximate surface area is 138 Å². The summed E-state index contributed by atoms with van der Waals surface area (Å²) < 4.78 is 38.9. The highest BCUT2D eigenvalue weighted by Crippen LogP contribution is 2.34. The molecule has 7 heteroatoms. The highest BCUT2D eigenvalue weighted by Gasteiger charge is 2.30. The van der Waals surface area contributed by atoms with Crippen LogP contribution in [0.4, 0.5) is 13.2 Å². The van der Waals surface area contributed by atoms with Gasteiger partial charge in [-0.3, -0.25) is 0 Å². The quantitative estimate of drug-likeness (QED) is 0.658. The summed E-state index contributed by atoms with van der Waals surface area (Å²) in [7, 11) is 0. The van der Waals surface area contributed by atoms with Crippen LogP contribution in [0.5, 0.6) is 5.75 Å². The molecule has 0 aliphatic heterocycles. The first kappa shape index (κ1) is 16.0. The van der Waals surface area contributed by atoms with Crippen molar-refractivity contribution in [1.29, 1.82) is 5.26 Å². The summed E-state index contributed by atoms with van der Waals surface area (Å²) in [5, 5.41) is 18.9. The SMILES string of the molecule is N#C/C(=C\c1ccc(O)cc1)c1nc2cc(C(F)(F)F)ccc2s1. The Morgan fingerprint density at radius 2 is 1.88 bits per heavy atom. The Kier molecular flexibility index (Phi) is 3.99. The van der Waals surface area contributed by atoms with Gasteiger partial charge < -0.3 is 5.11 Å². The van der Waals surface area contributed by atoms with Gasteiger partial charge in [-0.05, 0) is 42.0 Å². The first-order valence-corrected chi connectivity index (χ1v) is 7.57. The van der Waals surface area contributed by atoms with E-state index < -0.39 is 11.7 Å². The minimum atomic E-state index is -4.43. The van der Waals surface area contributed by atoms with Crippen molar-refractivity contribution >= 4 is 33.2 Å². The van der Waals surface area contributed by atoms with Gasteiger partial charge in [0.25, 0.3) is 0 Å². The molecule has 3 aromatic rings. The van der Waals surface area contributed by atoms with Crippen LogP contribution in [0.2, 0.25) is 0 Å². The number of hydrogen-bond donors (Lipinski definition) is 1. The molecular weight excluding hydrogens is 337 g/mol. The van der Waals surface area contributed by atoms with Gasteiger partial charge in [-0.2, -0.15) is 18.4 Å². The van der Waals surface area contributed by atoms with Crippen molar-refractivity contribution in [3.8, 4) is 11.8 Å². The highest BCUT2D eigenvalue weighted by atomic mass is 32.1. The number of phenols is 1. The number of aromatic nitrogens is 1. The van der Waals surface area contributed by atoms with E-state index in [9.17, 15) is 23.5 Å². The number of nitriles is 1. The number of phenolic OH excluding ortho intramolecular Hbond substituents is 1. The number of hydrogen-bond acceptors (Lipinski definition) is 4. The summed E-state index contributed by atoms with van der Waals surface area (Å²) in [6.07, 6.45) is -2.86.